The molecule has 0 atom stereocenters. The number of hydrogen-bond acceptors (Lipinski definition) is 0. The maximum atomic E-state index is 2.08. The summed E-state index contributed by atoms with van der Waals surface area (Å²) in [5.74, 6) is 0. The van der Waals surface area contributed by atoms with Crippen LogP contribution in [0.3, 0.4) is 0 Å². The highest BCUT2D eigenvalue weighted by atomic mass is 14.8. The number of hydrogen-bond donors (Lipinski definition) is 1. The Labute approximate surface area is 51.1 Å². The molecule has 1 nitrogen and oxygen atoms in total. The molecule has 0 spiro atoms. The quantitative estimate of drug-likeness (QED) is 0.505. The molecule has 0 aromatic heterocycles. The zero-order chi connectivity index (χ0) is 6.41. The Kier molecular flexibility index (Phi) is 4.27. The van der Waals surface area contributed by atoms with Gasteiger partial charge in [-0.3, -0.25) is 0 Å². The Morgan fingerprint density at radius 1 is 1.38 bits per heavy atom. The van der Waals surface area contributed by atoms with Crippen molar-refractivity contribution in [2.75, 3.05) is 7.05 Å². The minimum atomic E-state index is 1.34. The van der Waals surface area contributed by atoms with Crippen molar-refractivity contribution >= 4 is 0 Å². The minimum absolute atomic E-state index is 1.34. The second kappa shape index (κ2) is 4.60. The summed E-state index contributed by atoms with van der Waals surface area (Å²) in [6.45, 7) is 4.17. The maximum Gasteiger partial charge on any atom is 0.0923 e. The van der Waals surface area contributed by atoms with Crippen molar-refractivity contribution in [3.8, 4) is 0 Å². The van der Waals surface area contributed by atoms with E-state index in [1.165, 1.54) is 5.57 Å². The standard InChI is InChI=1S/C7H13N/c1-7(2)5-4-6-8-3/h4-6,8H,1-3H3/p+1/b6-4-. The van der Waals surface area contributed by atoms with Gasteiger partial charge in [-0.05, 0) is 19.9 Å². The van der Waals surface area contributed by atoms with Gasteiger partial charge in [-0.15, -0.1) is 0 Å². The fourth-order valence-corrected chi connectivity index (χ4v) is 0.359. The van der Waals surface area contributed by atoms with Crippen LogP contribution in [-0.4, -0.2) is 7.05 Å². The Hall–Kier alpha value is -0.560. The zero-order valence-corrected chi connectivity index (χ0v) is 5.81. The molecular formula is C7H14N+. The molecule has 2 N–H and O–H groups in total. The van der Waals surface area contributed by atoms with Gasteiger partial charge in [-0.2, -0.15) is 0 Å². The number of quaternary nitrogens is 1. The number of rotatable bonds is 2. The fraction of sp³-hybridized carbons (Fsp3) is 0.429. The molecular weight excluding hydrogens is 98.1 g/mol. The topological polar surface area (TPSA) is 16.6 Å². The van der Waals surface area contributed by atoms with Crippen LogP contribution >= 0.6 is 0 Å². The lowest BCUT2D eigenvalue weighted by Gasteiger charge is -1.79. The molecule has 0 unspecified atom stereocenters. The van der Waals surface area contributed by atoms with Crippen LogP contribution < -0.4 is 5.32 Å². The molecule has 0 aromatic carbocycles. The molecule has 0 aliphatic rings. The van der Waals surface area contributed by atoms with Gasteiger partial charge in [0.1, 0.15) is 0 Å². The Balaban J connectivity index is 3.42. The van der Waals surface area contributed by atoms with Crippen molar-refractivity contribution in [2.45, 2.75) is 13.8 Å². The van der Waals surface area contributed by atoms with Gasteiger partial charge < -0.3 is 5.32 Å². The van der Waals surface area contributed by atoms with Crippen LogP contribution in [0.15, 0.2) is 23.9 Å². The van der Waals surface area contributed by atoms with Crippen molar-refractivity contribution in [3.63, 3.8) is 0 Å². The van der Waals surface area contributed by atoms with Crippen LogP contribution in [0, 0.1) is 0 Å². The molecule has 0 saturated heterocycles. The van der Waals surface area contributed by atoms with Gasteiger partial charge >= 0.3 is 0 Å². The summed E-state index contributed by atoms with van der Waals surface area (Å²) in [6.07, 6.45) is 6.14. The van der Waals surface area contributed by atoms with E-state index in [0.29, 0.717) is 0 Å². The highest BCUT2D eigenvalue weighted by Crippen LogP contribution is 1.86. The van der Waals surface area contributed by atoms with Crippen molar-refractivity contribution in [3.05, 3.63) is 23.9 Å². The Bertz CT molecular complexity index is 97.0. The summed E-state index contributed by atoms with van der Waals surface area (Å²) in [7, 11) is 2.01. The Morgan fingerprint density at radius 3 is 2.38 bits per heavy atom. The van der Waals surface area contributed by atoms with Gasteiger partial charge in [0, 0.05) is 0 Å². The van der Waals surface area contributed by atoms with Gasteiger partial charge in [0.15, 0.2) is 0 Å². The van der Waals surface area contributed by atoms with E-state index in [0.717, 1.165) is 0 Å². The Morgan fingerprint density at radius 2 is 2.00 bits per heavy atom. The van der Waals surface area contributed by atoms with Gasteiger partial charge in [0.05, 0.1) is 13.2 Å². The van der Waals surface area contributed by atoms with Crippen molar-refractivity contribution in [1.29, 1.82) is 0 Å². The minimum Gasteiger partial charge on any atom is -0.322 e. The lowest BCUT2D eigenvalue weighted by atomic mass is 10.3. The molecule has 0 saturated carbocycles. The van der Waals surface area contributed by atoms with Crippen molar-refractivity contribution in [2.24, 2.45) is 0 Å². The van der Waals surface area contributed by atoms with E-state index in [4.69, 9.17) is 0 Å². The van der Waals surface area contributed by atoms with Crippen LogP contribution in [0.25, 0.3) is 0 Å². The molecule has 46 valence electrons. The third-order valence-corrected chi connectivity index (χ3v) is 0.733. The number of nitrogens with two attached hydrogens (primary N) is 1. The average molecular weight is 112 g/mol. The summed E-state index contributed by atoms with van der Waals surface area (Å²) >= 11 is 0. The summed E-state index contributed by atoms with van der Waals surface area (Å²) in [5, 5.41) is 2.01. The number of allylic oxidation sites excluding steroid dienone is 3. The average Bonchev–Trinajstić information content (AvgIpc) is 1.66. The molecule has 0 aliphatic heterocycles. The first-order valence-corrected chi connectivity index (χ1v) is 2.87. The molecule has 0 amide bonds. The van der Waals surface area contributed by atoms with E-state index >= 15 is 0 Å². The van der Waals surface area contributed by atoms with Crippen LogP contribution in [0.4, 0.5) is 0 Å². The molecule has 1 heteroatoms. The lowest BCUT2D eigenvalue weighted by Crippen LogP contribution is -2.72. The molecule has 0 aromatic rings. The van der Waals surface area contributed by atoms with Crippen LogP contribution in [0.5, 0.6) is 0 Å². The van der Waals surface area contributed by atoms with E-state index in [9.17, 15) is 0 Å². The monoisotopic (exact) mass is 112 g/mol. The molecule has 0 fully saturated rings. The highest BCUT2D eigenvalue weighted by Gasteiger charge is 1.68. The molecule has 0 rings (SSSR count). The zero-order valence-electron chi connectivity index (χ0n) is 5.81. The molecule has 0 radical (unpaired) electrons. The summed E-state index contributed by atoms with van der Waals surface area (Å²) in [4.78, 5) is 0. The van der Waals surface area contributed by atoms with Crippen molar-refractivity contribution < 1.29 is 5.32 Å². The second-order valence-corrected chi connectivity index (χ2v) is 1.96. The third kappa shape index (κ3) is 5.44. The van der Waals surface area contributed by atoms with Crippen LogP contribution in [0.1, 0.15) is 13.8 Å². The summed E-state index contributed by atoms with van der Waals surface area (Å²) in [5.41, 5.74) is 1.34. The SMILES string of the molecule is C[NH2+]/C=C\C=C(C)C. The molecule has 0 aliphatic carbocycles. The first kappa shape index (κ1) is 7.44. The van der Waals surface area contributed by atoms with E-state index in [1.807, 2.05) is 24.6 Å². The van der Waals surface area contributed by atoms with Crippen molar-refractivity contribution in [1.82, 2.24) is 0 Å². The van der Waals surface area contributed by atoms with Gasteiger partial charge in [-0.25, -0.2) is 0 Å². The first-order chi connectivity index (χ1) is 3.77. The maximum absolute atomic E-state index is 2.08. The lowest BCUT2D eigenvalue weighted by molar-refractivity contribution is -0.556. The smallest absolute Gasteiger partial charge is 0.0923 e. The predicted octanol–water partition coefficient (Wildman–Crippen LogP) is 0.659. The third-order valence-electron chi connectivity index (χ3n) is 0.733. The van der Waals surface area contributed by atoms with Gasteiger partial charge in [0.2, 0.25) is 0 Å². The highest BCUT2D eigenvalue weighted by molar-refractivity contribution is 5.05. The summed E-state index contributed by atoms with van der Waals surface area (Å²) in [6, 6.07) is 0. The summed E-state index contributed by atoms with van der Waals surface area (Å²) < 4.78 is 0. The van der Waals surface area contributed by atoms with Gasteiger partial charge in [-0.1, -0.05) is 11.6 Å². The van der Waals surface area contributed by atoms with E-state index < -0.39 is 0 Å². The molecule has 8 heavy (non-hydrogen) atoms. The molecule has 0 bridgehead atoms. The van der Waals surface area contributed by atoms with E-state index in [2.05, 4.69) is 19.9 Å². The fourth-order valence-electron chi connectivity index (χ4n) is 0.359. The van der Waals surface area contributed by atoms with Crippen LogP contribution in [-0.2, 0) is 0 Å². The predicted molar refractivity (Wildman–Crippen MR) is 36.4 cm³/mol. The first-order valence-electron chi connectivity index (χ1n) is 2.87. The van der Waals surface area contributed by atoms with Gasteiger partial charge in [0.25, 0.3) is 0 Å². The van der Waals surface area contributed by atoms with E-state index in [-0.39, 0.29) is 0 Å². The normalized spacial score (nSPS) is 9.88. The second-order valence-electron chi connectivity index (χ2n) is 1.96. The largest absolute Gasteiger partial charge is 0.322 e. The van der Waals surface area contributed by atoms with E-state index in [1.54, 1.807) is 0 Å². The van der Waals surface area contributed by atoms with Crippen LogP contribution in [0.2, 0.25) is 0 Å². The molecule has 0 heterocycles.